The van der Waals surface area contributed by atoms with E-state index in [0.29, 0.717) is 5.56 Å². The number of halogens is 2. The Morgan fingerprint density at radius 2 is 1.95 bits per heavy atom. The molecule has 5 nitrogen and oxygen atoms in total. The molecular weight excluding hydrogens is 319 g/mol. The Bertz CT molecular complexity index is 578. The maximum absolute atomic E-state index is 12.1. The van der Waals surface area contributed by atoms with Gasteiger partial charge in [-0.05, 0) is 37.5 Å². The average molecular weight is 333 g/mol. The molecule has 0 radical (unpaired) electrons. The summed E-state index contributed by atoms with van der Waals surface area (Å²) < 4.78 is 4.99. The van der Waals surface area contributed by atoms with Crippen molar-refractivity contribution in [1.82, 2.24) is 0 Å². The molecule has 1 aliphatic rings. The monoisotopic (exact) mass is 332 g/mol. The number of ether oxygens (including phenoxy) is 1. The van der Waals surface area contributed by atoms with Gasteiger partial charge < -0.3 is 14.9 Å². The molecule has 2 N–H and O–H groups in total. The van der Waals surface area contributed by atoms with Gasteiger partial charge >= 0.3 is 11.9 Å². The molecule has 2 rings (SSSR count). The highest BCUT2D eigenvalue weighted by molar-refractivity contribution is 6.37. The minimum Gasteiger partial charge on any atom is -0.505 e. The summed E-state index contributed by atoms with van der Waals surface area (Å²) in [5, 5.41) is 18.8. The van der Waals surface area contributed by atoms with Crippen molar-refractivity contribution in [2.45, 2.75) is 19.8 Å². The number of hydrogen-bond donors (Lipinski definition) is 2. The summed E-state index contributed by atoms with van der Waals surface area (Å²) in [6, 6.07) is 2.95. The van der Waals surface area contributed by atoms with E-state index in [-0.39, 0.29) is 35.2 Å². The minimum atomic E-state index is -1.08. The molecule has 1 aromatic rings. The summed E-state index contributed by atoms with van der Waals surface area (Å²) in [7, 11) is 0. The van der Waals surface area contributed by atoms with Gasteiger partial charge in [0.1, 0.15) is 0 Å². The van der Waals surface area contributed by atoms with Crippen molar-refractivity contribution in [2.24, 2.45) is 11.3 Å². The summed E-state index contributed by atoms with van der Waals surface area (Å²) in [6.07, 6.45) is 0.375. The lowest BCUT2D eigenvalue weighted by atomic mass is 9.93. The summed E-state index contributed by atoms with van der Waals surface area (Å²) in [6.45, 7) is 1.85. The Hall–Kier alpha value is -1.46. The molecule has 1 saturated carbocycles. The van der Waals surface area contributed by atoms with Crippen molar-refractivity contribution in [3.63, 3.8) is 0 Å². The van der Waals surface area contributed by atoms with Crippen molar-refractivity contribution in [3.05, 3.63) is 27.7 Å². The van der Waals surface area contributed by atoms with E-state index in [1.54, 1.807) is 6.92 Å². The molecule has 1 aromatic carbocycles. The highest BCUT2D eigenvalue weighted by atomic mass is 35.5. The average Bonchev–Trinajstić information content (AvgIpc) is 3.12. The Morgan fingerprint density at radius 1 is 1.38 bits per heavy atom. The highest BCUT2D eigenvalue weighted by Crippen LogP contribution is 2.56. The van der Waals surface area contributed by atoms with Gasteiger partial charge in [-0.1, -0.05) is 23.2 Å². The fourth-order valence-electron chi connectivity index (χ4n) is 2.48. The predicted octanol–water partition coefficient (Wildman–Crippen LogP) is 2.90. The molecule has 0 amide bonds. The number of carbonyl (C=O) groups excluding carboxylic acids is 1. The van der Waals surface area contributed by atoms with Gasteiger partial charge in [0.25, 0.3) is 0 Å². The summed E-state index contributed by atoms with van der Waals surface area (Å²) in [5.74, 6) is -2.57. The second-order valence-electron chi connectivity index (χ2n) is 5.06. The first kappa shape index (κ1) is 15.9. The summed E-state index contributed by atoms with van der Waals surface area (Å²) in [5.41, 5.74) is -0.495. The zero-order valence-electron chi connectivity index (χ0n) is 11.2. The molecule has 1 aliphatic carbocycles. The van der Waals surface area contributed by atoms with Crippen LogP contribution in [0.1, 0.15) is 18.9 Å². The standard InChI is InChI=1S/C14H14Cl2O5/c1-2-21-13(20)14(6-8(14)12(18)19)5-7-3-9(15)11(17)10(16)4-7/h3-4,8,17H,2,5-6H2,1H3,(H,18,19)/t8-,14+/m1/s1. The van der Waals surface area contributed by atoms with Crippen molar-refractivity contribution >= 4 is 35.1 Å². The predicted molar refractivity (Wildman–Crippen MR) is 76.6 cm³/mol. The number of phenols is 1. The van der Waals surface area contributed by atoms with Crippen LogP contribution in [0.2, 0.25) is 10.0 Å². The zero-order valence-corrected chi connectivity index (χ0v) is 12.7. The lowest BCUT2D eigenvalue weighted by molar-refractivity contribution is -0.153. The van der Waals surface area contributed by atoms with E-state index in [4.69, 9.17) is 33.0 Å². The number of phenolic OH excluding ortho intramolecular Hbond substituents is 1. The number of carboxylic acid groups (broad SMARTS) is 1. The fraction of sp³-hybridized carbons (Fsp3) is 0.429. The smallest absolute Gasteiger partial charge is 0.313 e. The number of rotatable bonds is 5. The molecule has 1 fully saturated rings. The van der Waals surface area contributed by atoms with Crippen LogP contribution >= 0.6 is 23.2 Å². The Labute approximate surface area is 131 Å². The van der Waals surface area contributed by atoms with Crippen LogP contribution in [0.3, 0.4) is 0 Å². The minimum absolute atomic E-state index is 0.0593. The quantitative estimate of drug-likeness (QED) is 0.810. The lowest BCUT2D eigenvalue weighted by Crippen LogP contribution is -2.26. The van der Waals surface area contributed by atoms with Crippen LogP contribution in [-0.4, -0.2) is 28.8 Å². The maximum Gasteiger partial charge on any atom is 0.313 e. The fourth-order valence-corrected chi connectivity index (χ4v) is 3.01. The number of esters is 1. The number of carboxylic acids is 1. The first-order valence-corrected chi connectivity index (χ1v) is 7.14. The normalized spacial score (nSPS) is 23.7. The van der Waals surface area contributed by atoms with Crippen molar-refractivity contribution in [2.75, 3.05) is 6.61 Å². The SMILES string of the molecule is CCOC(=O)[C@@]1(Cc2cc(Cl)c(O)c(Cl)c2)C[C@@H]1C(=O)O. The Morgan fingerprint density at radius 3 is 2.38 bits per heavy atom. The molecule has 0 unspecified atom stereocenters. The number of aromatic hydroxyl groups is 1. The van der Waals surface area contributed by atoms with Gasteiger partial charge in [-0.25, -0.2) is 0 Å². The van der Waals surface area contributed by atoms with Gasteiger partial charge in [0.15, 0.2) is 5.75 Å². The topological polar surface area (TPSA) is 83.8 Å². The molecule has 0 heterocycles. The molecule has 7 heteroatoms. The van der Waals surface area contributed by atoms with Gasteiger partial charge in [-0.15, -0.1) is 0 Å². The van der Waals surface area contributed by atoms with Gasteiger partial charge in [0.2, 0.25) is 0 Å². The second-order valence-corrected chi connectivity index (χ2v) is 5.87. The molecular formula is C14H14Cl2O5. The molecule has 0 aromatic heterocycles. The number of aliphatic carboxylic acids is 1. The first-order valence-electron chi connectivity index (χ1n) is 6.38. The van der Waals surface area contributed by atoms with E-state index in [1.165, 1.54) is 12.1 Å². The Kier molecular flexibility index (Phi) is 4.35. The second kappa shape index (κ2) is 5.73. The number of hydrogen-bond acceptors (Lipinski definition) is 4. The summed E-state index contributed by atoms with van der Waals surface area (Å²) >= 11 is 11.7. The van der Waals surface area contributed by atoms with Crippen molar-refractivity contribution in [1.29, 1.82) is 0 Å². The maximum atomic E-state index is 12.1. The van der Waals surface area contributed by atoms with Gasteiger partial charge in [-0.2, -0.15) is 0 Å². The van der Waals surface area contributed by atoms with Crippen LogP contribution in [0.4, 0.5) is 0 Å². The van der Waals surface area contributed by atoms with Crippen LogP contribution in [-0.2, 0) is 20.7 Å². The van der Waals surface area contributed by atoms with Gasteiger partial charge in [0.05, 0.1) is 28.0 Å². The van der Waals surface area contributed by atoms with Crippen LogP contribution in [0, 0.1) is 11.3 Å². The molecule has 2 atom stereocenters. The number of benzene rings is 1. The van der Waals surface area contributed by atoms with E-state index < -0.39 is 23.3 Å². The number of carbonyl (C=O) groups is 2. The third-order valence-electron chi connectivity index (χ3n) is 3.65. The van der Waals surface area contributed by atoms with Crippen LogP contribution in [0.25, 0.3) is 0 Å². The van der Waals surface area contributed by atoms with Crippen LogP contribution < -0.4 is 0 Å². The Balaban J connectivity index is 2.29. The third kappa shape index (κ3) is 2.94. The summed E-state index contributed by atoms with van der Waals surface area (Å²) in [4.78, 5) is 23.2. The highest BCUT2D eigenvalue weighted by Gasteiger charge is 2.64. The van der Waals surface area contributed by atoms with Crippen molar-refractivity contribution < 1.29 is 24.5 Å². The third-order valence-corrected chi connectivity index (χ3v) is 4.23. The molecule has 0 bridgehead atoms. The van der Waals surface area contributed by atoms with E-state index in [0.717, 1.165) is 0 Å². The van der Waals surface area contributed by atoms with E-state index in [9.17, 15) is 14.7 Å². The molecule has 0 spiro atoms. The van der Waals surface area contributed by atoms with E-state index >= 15 is 0 Å². The van der Waals surface area contributed by atoms with Crippen LogP contribution in [0.15, 0.2) is 12.1 Å². The molecule has 21 heavy (non-hydrogen) atoms. The largest absolute Gasteiger partial charge is 0.505 e. The zero-order chi connectivity index (χ0) is 15.8. The van der Waals surface area contributed by atoms with Gasteiger partial charge in [0, 0.05) is 0 Å². The molecule has 0 aliphatic heterocycles. The molecule has 0 saturated heterocycles. The van der Waals surface area contributed by atoms with Crippen LogP contribution in [0.5, 0.6) is 5.75 Å². The van der Waals surface area contributed by atoms with Gasteiger partial charge in [-0.3, -0.25) is 9.59 Å². The molecule has 114 valence electrons. The first-order chi connectivity index (χ1) is 9.81. The lowest BCUT2D eigenvalue weighted by Gasteiger charge is -2.16. The van der Waals surface area contributed by atoms with E-state index in [2.05, 4.69) is 0 Å². The van der Waals surface area contributed by atoms with E-state index in [1.807, 2.05) is 0 Å². The van der Waals surface area contributed by atoms with Crippen molar-refractivity contribution in [3.8, 4) is 5.75 Å².